The van der Waals surface area contributed by atoms with Crippen molar-refractivity contribution in [2.75, 3.05) is 19.5 Å². The Hall–Kier alpha value is -1.96. The van der Waals surface area contributed by atoms with E-state index in [-0.39, 0.29) is 15.9 Å². The number of benzene rings is 1. The Kier molecular flexibility index (Phi) is 5.63. The van der Waals surface area contributed by atoms with E-state index in [0.717, 1.165) is 26.4 Å². The molecule has 0 saturated heterocycles. The zero-order valence-corrected chi connectivity index (χ0v) is 12.1. The van der Waals surface area contributed by atoms with E-state index in [4.69, 9.17) is 0 Å². The van der Waals surface area contributed by atoms with E-state index >= 15 is 0 Å². The van der Waals surface area contributed by atoms with Crippen molar-refractivity contribution in [1.29, 1.82) is 0 Å². The number of anilines is 1. The van der Waals surface area contributed by atoms with Gasteiger partial charge in [0.1, 0.15) is 11.5 Å². The van der Waals surface area contributed by atoms with E-state index in [1.807, 2.05) is 0 Å². The summed E-state index contributed by atoms with van der Waals surface area (Å²) in [6.45, 7) is 0. The molecule has 0 aliphatic rings. The predicted molar refractivity (Wildman–Crippen MR) is 69.8 cm³/mol. The van der Waals surface area contributed by atoms with Gasteiger partial charge >= 0.3 is 11.9 Å². The normalized spacial score (nSPS) is 10.9. The number of esters is 2. The molecule has 0 aromatic heterocycles. The van der Waals surface area contributed by atoms with Crippen molar-refractivity contribution >= 4 is 33.6 Å². The Balaban J connectivity index is 3.17. The largest absolute Gasteiger partial charge is 0.466 e. The number of carbonyl (C=O) groups is 2. The summed E-state index contributed by atoms with van der Waals surface area (Å²) in [6.07, 6.45) is 0.793. The average Bonchev–Trinajstić information content (AvgIpc) is 2.40. The zero-order chi connectivity index (χ0) is 15.3. The van der Waals surface area contributed by atoms with Gasteiger partial charge in [0.25, 0.3) is 0 Å². The first-order valence-electron chi connectivity index (χ1n) is 5.18. The summed E-state index contributed by atoms with van der Waals surface area (Å²) in [5, 5.41) is 2.36. The fourth-order valence-electron chi connectivity index (χ4n) is 1.23. The first-order chi connectivity index (χ1) is 9.38. The minimum Gasteiger partial charge on any atom is -0.466 e. The Morgan fingerprint density at radius 2 is 1.90 bits per heavy atom. The molecule has 0 saturated carbocycles. The molecule has 20 heavy (non-hydrogen) atoms. The topological polar surface area (TPSA) is 64.6 Å². The second kappa shape index (κ2) is 6.99. The number of halogens is 3. The molecule has 0 amide bonds. The summed E-state index contributed by atoms with van der Waals surface area (Å²) in [6, 6.07) is 1.62. The van der Waals surface area contributed by atoms with Gasteiger partial charge in [0.2, 0.25) is 0 Å². The molecule has 5 nitrogen and oxygen atoms in total. The van der Waals surface area contributed by atoms with Crippen LogP contribution in [0.5, 0.6) is 0 Å². The summed E-state index contributed by atoms with van der Waals surface area (Å²) < 4.78 is 35.4. The van der Waals surface area contributed by atoms with Crippen LogP contribution in [0.3, 0.4) is 0 Å². The second-order valence-corrected chi connectivity index (χ2v) is 4.30. The van der Waals surface area contributed by atoms with E-state index in [2.05, 4.69) is 30.7 Å². The van der Waals surface area contributed by atoms with Crippen LogP contribution in [-0.4, -0.2) is 26.2 Å². The molecule has 1 N–H and O–H groups in total. The zero-order valence-electron chi connectivity index (χ0n) is 10.5. The molecule has 1 aromatic rings. The molecule has 8 heteroatoms. The number of ether oxygens (including phenoxy) is 2. The molecule has 0 atom stereocenters. The van der Waals surface area contributed by atoms with Crippen LogP contribution < -0.4 is 5.32 Å². The summed E-state index contributed by atoms with van der Waals surface area (Å²) in [4.78, 5) is 22.6. The number of hydrogen-bond acceptors (Lipinski definition) is 5. The maximum Gasteiger partial charge on any atom is 0.354 e. The van der Waals surface area contributed by atoms with Crippen molar-refractivity contribution in [3.63, 3.8) is 0 Å². The fourth-order valence-corrected chi connectivity index (χ4v) is 1.74. The molecule has 1 rings (SSSR count). The van der Waals surface area contributed by atoms with E-state index in [1.54, 1.807) is 0 Å². The predicted octanol–water partition coefficient (Wildman–Crippen LogP) is 2.37. The molecular formula is C12H10BrF2NO4. The number of nitrogens with one attached hydrogen (secondary N) is 1. The summed E-state index contributed by atoms with van der Waals surface area (Å²) in [5.41, 5.74) is -0.572. The van der Waals surface area contributed by atoms with E-state index in [0.29, 0.717) is 6.07 Å². The van der Waals surface area contributed by atoms with Crippen molar-refractivity contribution in [1.82, 2.24) is 0 Å². The lowest BCUT2D eigenvalue weighted by Gasteiger charge is -2.11. The van der Waals surface area contributed by atoms with Gasteiger partial charge in [0.05, 0.1) is 26.0 Å². The minimum absolute atomic E-state index is 0.0367. The molecule has 0 bridgehead atoms. The summed E-state index contributed by atoms with van der Waals surface area (Å²) in [5.74, 6) is -3.49. The molecule has 0 aliphatic carbocycles. The van der Waals surface area contributed by atoms with E-state index < -0.39 is 23.6 Å². The highest BCUT2D eigenvalue weighted by Crippen LogP contribution is 2.28. The van der Waals surface area contributed by atoms with Crippen LogP contribution >= 0.6 is 15.9 Å². The monoisotopic (exact) mass is 349 g/mol. The van der Waals surface area contributed by atoms with Gasteiger partial charge in [-0.25, -0.2) is 18.4 Å². The van der Waals surface area contributed by atoms with Gasteiger partial charge in [-0.2, -0.15) is 0 Å². The standard InChI is InChI=1S/C12H10BrF2NO4/c1-19-10(17)5-9(12(18)20-2)16-11-7(13)3-6(14)4-8(11)15/h3-5,16H,1-2H3/b9-5+. The van der Waals surface area contributed by atoms with Crippen molar-refractivity contribution in [3.8, 4) is 0 Å². The van der Waals surface area contributed by atoms with Gasteiger partial charge in [0, 0.05) is 10.5 Å². The molecule has 0 heterocycles. The Morgan fingerprint density at radius 1 is 1.25 bits per heavy atom. The van der Waals surface area contributed by atoms with Crippen LogP contribution in [0.1, 0.15) is 0 Å². The van der Waals surface area contributed by atoms with Crippen molar-refractivity contribution < 1.29 is 27.8 Å². The van der Waals surface area contributed by atoms with Crippen LogP contribution in [0.25, 0.3) is 0 Å². The molecule has 1 aromatic carbocycles. The van der Waals surface area contributed by atoms with Crippen molar-refractivity contribution in [2.45, 2.75) is 0 Å². The van der Waals surface area contributed by atoms with Crippen LogP contribution in [0.2, 0.25) is 0 Å². The van der Waals surface area contributed by atoms with Gasteiger partial charge in [-0.1, -0.05) is 0 Å². The first kappa shape index (κ1) is 16.1. The Bertz CT molecular complexity index is 552. The molecular weight excluding hydrogens is 340 g/mol. The fraction of sp³-hybridized carbons (Fsp3) is 0.167. The van der Waals surface area contributed by atoms with Gasteiger partial charge in [-0.3, -0.25) is 0 Å². The minimum atomic E-state index is -0.948. The highest BCUT2D eigenvalue weighted by atomic mass is 79.9. The molecule has 0 radical (unpaired) electrons. The number of methoxy groups -OCH3 is 2. The molecule has 0 spiro atoms. The van der Waals surface area contributed by atoms with E-state index in [9.17, 15) is 18.4 Å². The summed E-state index contributed by atoms with van der Waals surface area (Å²) >= 11 is 2.94. The van der Waals surface area contributed by atoms with E-state index in [1.165, 1.54) is 0 Å². The van der Waals surface area contributed by atoms with Gasteiger partial charge in [-0.05, 0) is 22.0 Å². The molecule has 0 unspecified atom stereocenters. The van der Waals surface area contributed by atoms with Gasteiger partial charge in [0.15, 0.2) is 5.82 Å². The van der Waals surface area contributed by atoms with Crippen LogP contribution in [0.4, 0.5) is 14.5 Å². The van der Waals surface area contributed by atoms with Crippen molar-refractivity contribution in [2.24, 2.45) is 0 Å². The molecule has 0 fully saturated rings. The average molecular weight is 350 g/mol. The maximum absolute atomic E-state index is 13.6. The van der Waals surface area contributed by atoms with Crippen LogP contribution in [0.15, 0.2) is 28.4 Å². The van der Waals surface area contributed by atoms with Crippen LogP contribution in [-0.2, 0) is 19.1 Å². The summed E-state index contributed by atoms with van der Waals surface area (Å²) in [7, 11) is 2.20. The first-order valence-corrected chi connectivity index (χ1v) is 5.97. The molecule has 0 aliphatic heterocycles. The highest BCUT2D eigenvalue weighted by molar-refractivity contribution is 9.10. The highest BCUT2D eigenvalue weighted by Gasteiger charge is 2.17. The quantitative estimate of drug-likeness (QED) is 0.667. The third-order valence-electron chi connectivity index (χ3n) is 2.14. The number of rotatable bonds is 4. The third kappa shape index (κ3) is 4.02. The maximum atomic E-state index is 13.6. The number of hydrogen-bond donors (Lipinski definition) is 1. The van der Waals surface area contributed by atoms with Gasteiger partial charge in [-0.15, -0.1) is 0 Å². The Labute approximate surface area is 121 Å². The third-order valence-corrected chi connectivity index (χ3v) is 2.76. The SMILES string of the molecule is COC(=O)/C=C(/Nc1c(F)cc(F)cc1Br)C(=O)OC. The van der Waals surface area contributed by atoms with Crippen molar-refractivity contribution in [3.05, 3.63) is 40.0 Å². The lowest BCUT2D eigenvalue weighted by molar-refractivity contribution is -0.138. The van der Waals surface area contributed by atoms with Gasteiger partial charge < -0.3 is 14.8 Å². The lowest BCUT2D eigenvalue weighted by Crippen LogP contribution is -2.16. The lowest BCUT2D eigenvalue weighted by atomic mass is 10.2. The Morgan fingerprint density at radius 3 is 2.40 bits per heavy atom. The second-order valence-electron chi connectivity index (χ2n) is 3.44. The smallest absolute Gasteiger partial charge is 0.354 e. The molecule has 108 valence electrons. The van der Waals surface area contributed by atoms with Crippen LogP contribution in [0, 0.1) is 11.6 Å². The number of carbonyl (C=O) groups excluding carboxylic acids is 2.